The minimum atomic E-state index is -0.307. The fourth-order valence-corrected chi connectivity index (χ4v) is 3.38. The minimum absolute atomic E-state index is 0.0718. The van der Waals surface area contributed by atoms with Gasteiger partial charge in [0.15, 0.2) is 0 Å². The lowest BCUT2D eigenvalue weighted by molar-refractivity contribution is -0.121. The highest BCUT2D eigenvalue weighted by molar-refractivity contribution is 5.91. The molecule has 3 heterocycles. The average molecular weight is 330 g/mol. The summed E-state index contributed by atoms with van der Waals surface area (Å²) in [6.07, 6.45) is 6.28. The third-order valence-electron chi connectivity index (χ3n) is 4.78. The van der Waals surface area contributed by atoms with E-state index in [1.165, 1.54) is 0 Å². The third-order valence-corrected chi connectivity index (χ3v) is 4.78. The first kappa shape index (κ1) is 15.3. The quantitative estimate of drug-likeness (QED) is 0.904. The fourth-order valence-electron chi connectivity index (χ4n) is 3.38. The summed E-state index contributed by atoms with van der Waals surface area (Å²) in [5, 5.41) is 11.2. The summed E-state index contributed by atoms with van der Waals surface area (Å²) in [6, 6.07) is 0.421. The first-order valence-corrected chi connectivity index (χ1v) is 8.54. The molecule has 128 valence electrons. The molecule has 0 aromatic carbocycles. The van der Waals surface area contributed by atoms with Crippen molar-refractivity contribution in [3.63, 3.8) is 0 Å². The number of ether oxygens (including phenoxy) is 1. The van der Waals surface area contributed by atoms with E-state index in [0.29, 0.717) is 25.0 Å². The van der Waals surface area contributed by atoms with E-state index in [0.717, 1.165) is 31.0 Å². The van der Waals surface area contributed by atoms with Gasteiger partial charge in [0, 0.05) is 31.6 Å². The van der Waals surface area contributed by atoms with Gasteiger partial charge in [-0.3, -0.25) is 14.7 Å². The van der Waals surface area contributed by atoms with Crippen LogP contribution in [0.5, 0.6) is 0 Å². The molecule has 0 spiro atoms. The Labute approximate surface area is 140 Å². The number of nitrogens with one attached hydrogen (secondary N) is 1. The van der Waals surface area contributed by atoms with Crippen molar-refractivity contribution in [1.82, 2.24) is 24.3 Å². The largest absolute Gasteiger partial charge is 0.369 e. The second kappa shape index (κ2) is 6.01. The van der Waals surface area contributed by atoms with E-state index in [1.807, 2.05) is 22.3 Å². The second-order valence-corrected chi connectivity index (χ2v) is 6.42. The van der Waals surface area contributed by atoms with Gasteiger partial charge in [-0.2, -0.15) is 0 Å². The molecule has 2 fully saturated rings. The molecule has 1 aliphatic carbocycles. The van der Waals surface area contributed by atoms with Gasteiger partial charge in [0.2, 0.25) is 11.9 Å². The number of aryl methyl sites for hydroxylation is 2. The Hall–Kier alpha value is -2.22. The number of hydrogen-bond donors (Lipinski definition) is 1. The summed E-state index contributed by atoms with van der Waals surface area (Å²) < 4.78 is 9.86. The van der Waals surface area contributed by atoms with Crippen LogP contribution >= 0.6 is 0 Å². The molecule has 2 atom stereocenters. The molecule has 1 saturated carbocycles. The molecule has 0 bridgehead atoms. The summed E-state index contributed by atoms with van der Waals surface area (Å²) in [7, 11) is 0. The first-order valence-electron chi connectivity index (χ1n) is 8.54. The van der Waals surface area contributed by atoms with Crippen LogP contribution in [0.3, 0.4) is 0 Å². The maximum Gasteiger partial charge on any atom is 0.233 e. The van der Waals surface area contributed by atoms with Crippen molar-refractivity contribution in [3.8, 4) is 0 Å². The lowest BCUT2D eigenvalue weighted by Crippen LogP contribution is -2.28. The number of imidazole rings is 1. The molecule has 0 unspecified atom stereocenters. The number of rotatable bonds is 5. The number of carbonyl (C=O) groups excluding carboxylic acids is 1. The topological polar surface area (TPSA) is 86.9 Å². The zero-order valence-electron chi connectivity index (χ0n) is 14.0. The molecule has 8 nitrogen and oxygen atoms in total. The first-order chi connectivity index (χ1) is 11.7. The summed E-state index contributed by atoms with van der Waals surface area (Å²) >= 11 is 0. The number of hydrogen-bond acceptors (Lipinski definition) is 5. The Kier molecular flexibility index (Phi) is 3.84. The summed E-state index contributed by atoms with van der Waals surface area (Å²) in [6.45, 7) is 5.34. The summed E-state index contributed by atoms with van der Waals surface area (Å²) in [4.78, 5) is 17.2. The minimum Gasteiger partial charge on any atom is -0.369 e. The van der Waals surface area contributed by atoms with Crippen molar-refractivity contribution in [2.75, 3.05) is 11.9 Å². The summed E-state index contributed by atoms with van der Waals surface area (Å²) in [5.41, 5.74) is 0. The van der Waals surface area contributed by atoms with Gasteiger partial charge in [-0.25, -0.2) is 4.98 Å². The molecule has 0 radical (unpaired) electrons. The van der Waals surface area contributed by atoms with Gasteiger partial charge in [-0.05, 0) is 33.1 Å². The smallest absolute Gasteiger partial charge is 0.233 e. The van der Waals surface area contributed by atoms with E-state index in [9.17, 15) is 4.79 Å². The Morgan fingerprint density at radius 2 is 2.21 bits per heavy atom. The van der Waals surface area contributed by atoms with Crippen molar-refractivity contribution < 1.29 is 9.53 Å². The molecule has 2 aromatic heterocycles. The number of aromatic nitrogens is 5. The third kappa shape index (κ3) is 2.60. The van der Waals surface area contributed by atoms with Crippen molar-refractivity contribution in [2.45, 2.75) is 51.8 Å². The Bertz CT molecular complexity index is 748. The highest BCUT2D eigenvalue weighted by Gasteiger charge is 2.39. The number of anilines is 1. The van der Waals surface area contributed by atoms with Crippen LogP contribution in [-0.4, -0.2) is 36.8 Å². The molecule has 1 saturated heterocycles. The van der Waals surface area contributed by atoms with Crippen LogP contribution in [0.1, 0.15) is 50.0 Å². The van der Waals surface area contributed by atoms with E-state index in [1.54, 1.807) is 6.20 Å². The molecule has 4 rings (SSSR count). The van der Waals surface area contributed by atoms with Crippen molar-refractivity contribution in [2.24, 2.45) is 5.92 Å². The van der Waals surface area contributed by atoms with E-state index in [4.69, 9.17) is 4.74 Å². The van der Waals surface area contributed by atoms with Crippen LogP contribution in [0.2, 0.25) is 0 Å². The van der Waals surface area contributed by atoms with Gasteiger partial charge >= 0.3 is 0 Å². The molecule has 1 aliphatic heterocycles. The van der Waals surface area contributed by atoms with Gasteiger partial charge in [0.1, 0.15) is 17.8 Å². The van der Waals surface area contributed by atoms with E-state index in [-0.39, 0.29) is 17.9 Å². The molecule has 2 aromatic rings. The highest BCUT2D eigenvalue weighted by Crippen LogP contribution is 2.38. The fraction of sp³-hybridized carbons (Fsp3) is 0.625. The van der Waals surface area contributed by atoms with Crippen LogP contribution in [0.15, 0.2) is 12.4 Å². The number of amides is 1. The van der Waals surface area contributed by atoms with Crippen LogP contribution in [-0.2, 0) is 16.1 Å². The molecule has 24 heavy (non-hydrogen) atoms. The van der Waals surface area contributed by atoms with Gasteiger partial charge in [-0.1, -0.05) is 0 Å². The summed E-state index contributed by atoms with van der Waals surface area (Å²) in [5.74, 6) is 1.87. The molecular weight excluding hydrogens is 308 g/mol. The number of nitrogens with zero attached hydrogens (tertiary/aromatic N) is 5. The average Bonchev–Trinajstić information content (AvgIpc) is 3.01. The van der Waals surface area contributed by atoms with Gasteiger partial charge in [0.25, 0.3) is 0 Å². The van der Waals surface area contributed by atoms with Gasteiger partial charge in [0.05, 0.1) is 5.92 Å². The second-order valence-electron chi connectivity index (χ2n) is 6.42. The van der Waals surface area contributed by atoms with Crippen LogP contribution in [0.25, 0.3) is 0 Å². The lowest BCUT2D eigenvalue weighted by atomic mass is 10.00. The van der Waals surface area contributed by atoms with Crippen molar-refractivity contribution in [1.29, 1.82) is 0 Å². The highest BCUT2D eigenvalue weighted by atomic mass is 16.5. The van der Waals surface area contributed by atoms with Crippen LogP contribution < -0.4 is 5.32 Å². The Balaban J connectivity index is 1.53. The van der Waals surface area contributed by atoms with E-state index < -0.39 is 0 Å². The SMILES string of the molecule is CCn1ccnc1[C@@H]1OCC[C@H]1C(=O)Nc1nnc(C)n1C1CC1. The number of carbonyl (C=O) groups is 1. The zero-order valence-corrected chi connectivity index (χ0v) is 14.0. The predicted molar refractivity (Wildman–Crippen MR) is 86.4 cm³/mol. The Morgan fingerprint density at radius 1 is 1.38 bits per heavy atom. The van der Waals surface area contributed by atoms with Crippen molar-refractivity contribution in [3.05, 3.63) is 24.0 Å². The monoisotopic (exact) mass is 330 g/mol. The van der Waals surface area contributed by atoms with E-state index in [2.05, 4.69) is 27.4 Å². The standard InChI is InChI=1S/C16H22N6O2/c1-3-21-8-7-17-14(21)13-12(6-9-24-13)15(23)18-16-20-19-10(2)22(16)11-4-5-11/h7-8,11-13H,3-6,9H2,1-2H3,(H,18,20,23)/t12-,13-/m1/s1. The molecule has 2 aliphatic rings. The molecule has 1 N–H and O–H groups in total. The molecular formula is C16H22N6O2. The van der Waals surface area contributed by atoms with Gasteiger partial charge in [-0.15, -0.1) is 10.2 Å². The Morgan fingerprint density at radius 3 is 2.96 bits per heavy atom. The van der Waals surface area contributed by atoms with Crippen LogP contribution in [0, 0.1) is 12.8 Å². The maximum atomic E-state index is 12.8. The van der Waals surface area contributed by atoms with Gasteiger partial charge < -0.3 is 9.30 Å². The zero-order chi connectivity index (χ0) is 16.7. The lowest BCUT2D eigenvalue weighted by Gasteiger charge is -2.18. The van der Waals surface area contributed by atoms with Crippen LogP contribution in [0.4, 0.5) is 5.95 Å². The molecule has 8 heteroatoms. The molecule has 1 amide bonds. The predicted octanol–water partition coefficient (Wildman–Crippen LogP) is 1.85. The van der Waals surface area contributed by atoms with Crippen molar-refractivity contribution >= 4 is 11.9 Å². The normalized spacial score (nSPS) is 23.6. The maximum absolute atomic E-state index is 12.8. The van der Waals surface area contributed by atoms with E-state index >= 15 is 0 Å².